The quantitative estimate of drug-likeness (QED) is 0.0850. The molecule has 0 fully saturated rings. The first-order chi connectivity index (χ1) is 31.1. The van der Waals surface area contributed by atoms with Crippen LogP contribution in [0.15, 0.2) is 247 Å². The van der Waals surface area contributed by atoms with Crippen LogP contribution in [-0.2, 0) is 6.54 Å². The van der Waals surface area contributed by atoms with Crippen molar-refractivity contribution in [1.29, 1.82) is 0 Å². The third kappa shape index (κ3) is 9.58. The van der Waals surface area contributed by atoms with Gasteiger partial charge in [-0.05, 0) is 123 Å². The Morgan fingerprint density at radius 3 is 1.57 bits per heavy atom. The summed E-state index contributed by atoms with van der Waals surface area (Å²) in [6.45, 7) is 0.617. The average molecular weight is 815 g/mol. The van der Waals surface area contributed by atoms with E-state index < -0.39 is 0 Å². The van der Waals surface area contributed by atoms with Crippen molar-refractivity contribution in [3.8, 4) is 44.5 Å². The molecule has 2 aliphatic carbocycles. The van der Waals surface area contributed by atoms with E-state index >= 15 is 0 Å². The van der Waals surface area contributed by atoms with E-state index in [0.717, 1.165) is 67.9 Å². The number of benzene rings is 7. The third-order valence-corrected chi connectivity index (χ3v) is 11.6. The maximum Gasteiger partial charge on any atom is 0.131 e. The maximum atomic E-state index is 7.13. The van der Waals surface area contributed by atoms with Gasteiger partial charge in [-0.1, -0.05) is 188 Å². The molecule has 0 bridgehead atoms. The van der Waals surface area contributed by atoms with Crippen molar-refractivity contribution in [2.45, 2.75) is 19.0 Å². The van der Waals surface area contributed by atoms with Gasteiger partial charge in [0.15, 0.2) is 0 Å². The predicted octanol–water partition coefficient (Wildman–Crippen LogP) is 13.2. The van der Waals surface area contributed by atoms with Crippen molar-refractivity contribution < 1.29 is 0 Å². The second-order valence-corrected chi connectivity index (χ2v) is 15.8. The molecule has 4 heteroatoms. The molecular weight excluding hydrogens is 765 g/mol. The Morgan fingerprint density at radius 1 is 0.524 bits per heavy atom. The Bertz CT molecular complexity index is 2820. The molecule has 4 nitrogen and oxygen atoms in total. The van der Waals surface area contributed by atoms with Crippen LogP contribution in [0.4, 0.5) is 0 Å². The highest BCUT2D eigenvalue weighted by Gasteiger charge is 2.19. The van der Waals surface area contributed by atoms with Crippen LogP contribution in [0.2, 0.25) is 0 Å². The van der Waals surface area contributed by atoms with Gasteiger partial charge >= 0.3 is 0 Å². The van der Waals surface area contributed by atoms with Crippen LogP contribution >= 0.6 is 0 Å². The zero-order chi connectivity index (χ0) is 42.8. The molecule has 0 aliphatic heterocycles. The SMILES string of the molecule is CNC1C=CC=C/C1=C(/NCc1cc(-c2ccccc2)cc(-c2ccccc2)c1)c1cccc(/C(N=C(N)c2cc(-c3ccccc3)cc(-c3ccccc3)c2)=C2\C=CC=CC2)c1. The van der Waals surface area contributed by atoms with Gasteiger partial charge in [0.25, 0.3) is 0 Å². The van der Waals surface area contributed by atoms with Crippen LogP contribution in [0.25, 0.3) is 55.9 Å². The Balaban J connectivity index is 1.13. The smallest absolute Gasteiger partial charge is 0.131 e. The average Bonchev–Trinajstić information content (AvgIpc) is 3.37. The van der Waals surface area contributed by atoms with E-state index in [1.807, 2.05) is 19.2 Å². The summed E-state index contributed by atoms with van der Waals surface area (Å²) in [6, 6.07) is 64.3. The molecule has 7 aromatic rings. The number of amidine groups is 1. The summed E-state index contributed by atoms with van der Waals surface area (Å²) in [4.78, 5) is 5.34. The van der Waals surface area contributed by atoms with E-state index in [4.69, 9.17) is 10.7 Å². The molecular formula is C59H50N4. The molecule has 4 N–H and O–H groups in total. The Hall–Kier alpha value is -7.79. The molecule has 1 unspecified atom stereocenters. The van der Waals surface area contributed by atoms with Gasteiger partial charge in [-0.15, -0.1) is 0 Å². The largest absolute Gasteiger partial charge is 0.383 e. The molecule has 1 atom stereocenters. The molecule has 306 valence electrons. The highest BCUT2D eigenvalue weighted by molar-refractivity contribution is 6.03. The summed E-state index contributed by atoms with van der Waals surface area (Å²) in [5.41, 5.74) is 24.6. The second kappa shape index (κ2) is 19.3. The number of hydrogen-bond donors (Lipinski definition) is 3. The fraction of sp³-hybridized carbons (Fsp3) is 0.0678. The van der Waals surface area contributed by atoms with Crippen molar-refractivity contribution in [3.05, 3.63) is 264 Å². The fourth-order valence-electron chi connectivity index (χ4n) is 8.37. The van der Waals surface area contributed by atoms with Crippen molar-refractivity contribution >= 4 is 17.2 Å². The molecule has 0 saturated heterocycles. The first-order valence-electron chi connectivity index (χ1n) is 21.6. The summed E-state index contributed by atoms with van der Waals surface area (Å²) in [5.74, 6) is 0.459. The molecule has 7 aromatic carbocycles. The summed E-state index contributed by atoms with van der Waals surface area (Å²) in [6.07, 6.45) is 17.9. The number of likely N-dealkylation sites (N-methyl/N-ethyl adjacent to an activating group) is 1. The molecule has 0 spiro atoms. The minimum absolute atomic E-state index is 0.0188. The van der Waals surface area contributed by atoms with Gasteiger partial charge in [0.1, 0.15) is 5.84 Å². The topological polar surface area (TPSA) is 62.4 Å². The Morgan fingerprint density at radius 2 is 1.05 bits per heavy atom. The molecule has 0 amide bonds. The van der Waals surface area contributed by atoms with Crippen LogP contribution in [0.1, 0.15) is 28.7 Å². The van der Waals surface area contributed by atoms with E-state index in [2.05, 4.69) is 229 Å². The lowest BCUT2D eigenvalue weighted by molar-refractivity contribution is 0.753. The highest BCUT2D eigenvalue weighted by atomic mass is 14.9. The molecule has 0 radical (unpaired) electrons. The first-order valence-corrected chi connectivity index (χ1v) is 21.6. The van der Waals surface area contributed by atoms with E-state index in [0.29, 0.717) is 12.4 Å². The van der Waals surface area contributed by atoms with Gasteiger partial charge in [-0.25, -0.2) is 4.99 Å². The van der Waals surface area contributed by atoms with Crippen molar-refractivity contribution in [2.24, 2.45) is 10.7 Å². The summed E-state index contributed by atoms with van der Waals surface area (Å²) >= 11 is 0. The minimum atomic E-state index is 0.0188. The lowest BCUT2D eigenvalue weighted by Gasteiger charge is -2.23. The number of aliphatic imine (C=N–C) groups is 1. The Kier molecular flexibility index (Phi) is 12.4. The second-order valence-electron chi connectivity index (χ2n) is 15.8. The lowest BCUT2D eigenvalue weighted by atomic mass is 9.93. The van der Waals surface area contributed by atoms with Gasteiger partial charge in [0.05, 0.1) is 11.7 Å². The summed E-state index contributed by atoms with van der Waals surface area (Å²) in [5, 5.41) is 7.48. The number of nitrogens with one attached hydrogen (secondary N) is 2. The van der Waals surface area contributed by atoms with Gasteiger partial charge in [0.2, 0.25) is 0 Å². The maximum absolute atomic E-state index is 7.13. The van der Waals surface area contributed by atoms with E-state index in [1.165, 1.54) is 27.8 Å². The number of rotatable bonds is 12. The summed E-state index contributed by atoms with van der Waals surface area (Å²) in [7, 11) is 2.01. The monoisotopic (exact) mass is 814 g/mol. The molecule has 2 aliphatic rings. The van der Waals surface area contributed by atoms with Crippen LogP contribution < -0.4 is 16.4 Å². The van der Waals surface area contributed by atoms with E-state index in [9.17, 15) is 0 Å². The number of nitrogens with two attached hydrogens (primary N) is 1. The van der Waals surface area contributed by atoms with Gasteiger partial charge < -0.3 is 16.4 Å². The zero-order valence-electron chi connectivity index (χ0n) is 35.5. The van der Waals surface area contributed by atoms with Crippen molar-refractivity contribution in [1.82, 2.24) is 10.6 Å². The molecule has 63 heavy (non-hydrogen) atoms. The first kappa shape index (κ1) is 40.6. The van der Waals surface area contributed by atoms with Crippen molar-refractivity contribution in [2.75, 3.05) is 7.05 Å². The predicted molar refractivity (Wildman–Crippen MR) is 266 cm³/mol. The van der Waals surface area contributed by atoms with Crippen LogP contribution in [-0.4, -0.2) is 18.9 Å². The number of nitrogens with zero attached hydrogens (tertiary/aromatic N) is 1. The molecule has 0 saturated carbocycles. The molecule has 0 aromatic heterocycles. The van der Waals surface area contributed by atoms with E-state index in [1.54, 1.807) is 0 Å². The van der Waals surface area contributed by atoms with Crippen LogP contribution in [0.3, 0.4) is 0 Å². The van der Waals surface area contributed by atoms with Gasteiger partial charge in [0, 0.05) is 23.4 Å². The summed E-state index contributed by atoms with van der Waals surface area (Å²) < 4.78 is 0. The highest BCUT2D eigenvalue weighted by Crippen LogP contribution is 2.34. The van der Waals surface area contributed by atoms with Gasteiger partial charge in [-0.2, -0.15) is 0 Å². The standard InChI is InChI=1S/C59H50N4/c1-61-56-33-18-17-32-55(56)58(62-41-42-34-50(43-20-7-2-8-21-43)37-51(35-42)44-22-9-3-10-23-44)49-31-19-30-48(36-49)57(47-28-15-6-16-29-47)63-59(60)54-39-52(45-24-11-4-12-25-45)38-53(40-54)46-26-13-5-14-27-46/h2-28,30-40,56,61-62H,29,41H2,1H3,(H2,60,63)/b57-47-,58-55-. The minimum Gasteiger partial charge on any atom is -0.383 e. The number of hydrogen-bond acceptors (Lipinski definition) is 3. The van der Waals surface area contributed by atoms with Crippen LogP contribution in [0.5, 0.6) is 0 Å². The van der Waals surface area contributed by atoms with Gasteiger partial charge in [-0.3, -0.25) is 0 Å². The number of allylic oxidation sites excluding steroid dienone is 7. The zero-order valence-corrected chi connectivity index (χ0v) is 35.5. The third-order valence-electron chi connectivity index (χ3n) is 11.6. The normalized spacial score (nSPS) is 16.2. The molecule has 9 rings (SSSR count). The lowest BCUT2D eigenvalue weighted by Crippen LogP contribution is -2.29. The Labute approximate surface area is 371 Å². The van der Waals surface area contributed by atoms with Crippen molar-refractivity contribution in [3.63, 3.8) is 0 Å². The van der Waals surface area contributed by atoms with Crippen LogP contribution in [0, 0.1) is 0 Å². The molecule has 0 heterocycles. The van der Waals surface area contributed by atoms with E-state index in [-0.39, 0.29) is 6.04 Å². The fourth-order valence-corrected chi connectivity index (χ4v) is 8.37.